The summed E-state index contributed by atoms with van der Waals surface area (Å²) < 4.78 is 0. The van der Waals surface area contributed by atoms with Gasteiger partial charge in [-0.15, -0.1) is 0 Å². The molecule has 0 aliphatic heterocycles. The predicted molar refractivity (Wildman–Crippen MR) is 135 cm³/mol. The van der Waals surface area contributed by atoms with Crippen LogP contribution in [0.25, 0.3) is 5.57 Å². The first-order chi connectivity index (χ1) is 16.3. The summed E-state index contributed by atoms with van der Waals surface area (Å²) in [7, 11) is 0. The van der Waals surface area contributed by atoms with E-state index in [1.54, 1.807) is 6.21 Å². The highest BCUT2D eigenvalue weighted by molar-refractivity contribution is 5.92. The summed E-state index contributed by atoms with van der Waals surface area (Å²) in [6, 6.07) is 35.7. The van der Waals surface area contributed by atoms with Crippen LogP contribution >= 0.6 is 0 Å². The summed E-state index contributed by atoms with van der Waals surface area (Å²) in [6.07, 6.45) is 3.79. The number of nitrogens with zero attached hydrogens (tertiary/aromatic N) is 2. The maximum Gasteiger partial charge on any atom is 0.0681 e. The second-order valence-electron chi connectivity index (χ2n) is 7.54. The van der Waals surface area contributed by atoms with Crippen LogP contribution in [-0.2, 0) is 13.2 Å². The fourth-order valence-electron chi connectivity index (χ4n) is 3.53. The molecule has 0 bridgehead atoms. The Morgan fingerprint density at radius 3 is 1.42 bits per heavy atom. The average molecular weight is 435 g/mol. The van der Waals surface area contributed by atoms with Crippen LogP contribution < -0.4 is 5.01 Å². The Morgan fingerprint density at radius 1 is 0.606 bits per heavy atom. The SMILES string of the molecule is OCc1ccc(C(=CC=NN(c2ccccc2)c2ccccc2)c2ccc(CO)cc2)cc1. The molecule has 164 valence electrons. The highest BCUT2D eigenvalue weighted by Gasteiger charge is 2.08. The lowest BCUT2D eigenvalue weighted by Gasteiger charge is -2.19. The van der Waals surface area contributed by atoms with Gasteiger partial charge in [-0.05, 0) is 58.2 Å². The molecule has 0 fully saturated rings. The summed E-state index contributed by atoms with van der Waals surface area (Å²) in [5, 5.41) is 25.5. The van der Waals surface area contributed by atoms with Crippen molar-refractivity contribution in [1.29, 1.82) is 0 Å². The van der Waals surface area contributed by atoms with E-state index in [0.29, 0.717) is 0 Å². The van der Waals surface area contributed by atoms with Crippen LogP contribution in [0.4, 0.5) is 11.4 Å². The molecule has 0 atom stereocenters. The van der Waals surface area contributed by atoms with E-state index in [1.165, 1.54) is 0 Å². The summed E-state index contributed by atoms with van der Waals surface area (Å²) in [6.45, 7) is 0.0180. The molecule has 0 radical (unpaired) electrons. The van der Waals surface area contributed by atoms with Crippen molar-refractivity contribution in [3.8, 4) is 0 Å². The topological polar surface area (TPSA) is 56.1 Å². The van der Waals surface area contributed by atoms with E-state index in [1.807, 2.05) is 120 Å². The third-order valence-electron chi connectivity index (χ3n) is 5.32. The predicted octanol–water partition coefficient (Wildman–Crippen LogP) is 5.93. The van der Waals surface area contributed by atoms with Gasteiger partial charge in [0.1, 0.15) is 0 Å². The molecule has 0 aromatic heterocycles. The third kappa shape index (κ3) is 5.63. The molecule has 0 aliphatic carbocycles. The molecule has 0 aliphatic rings. The first-order valence-electron chi connectivity index (χ1n) is 10.8. The number of hydrogen-bond acceptors (Lipinski definition) is 4. The molecule has 2 N–H and O–H groups in total. The van der Waals surface area contributed by atoms with Crippen LogP contribution in [0.3, 0.4) is 0 Å². The zero-order valence-corrected chi connectivity index (χ0v) is 18.3. The quantitative estimate of drug-likeness (QED) is 0.267. The van der Waals surface area contributed by atoms with Crippen molar-refractivity contribution >= 4 is 23.2 Å². The van der Waals surface area contributed by atoms with Crippen molar-refractivity contribution in [2.75, 3.05) is 5.01 Å². The maximum atomic E-state index is 9.40. The lowest BCUT2D eigenvalue weighted by atomic mass is 9.96. The van der Waals surface area contributed by atoms with Gasteiger partial charge in [-0.1, -0.05) is 84.9 Å². The molecule has 4 aromatic carbocycles. The van der Waals surface area contributed by atoms with Crippen LogP contribution in [0.1, 0.15) is 22.3 Å². The van der Waals surface area contributed by atoms with Gasteiger partial charge in [0.2, 0.25) is 0 Å². The van der Waals surface area contributed by atoms with E-state index >= 15 is 0 Å². The molecule has 0 amide bonds. The molecule has 4 nitrogen and oxygen atoms in total. The Bertz CT molecular complexity index is 1110. The molecule has 0 saturated heterocycles. The smallest absolute Gasteiger partial charge is 0.0681 e. The van der Waals surface area contributed by atoms with E-state index in [2.05, 4.69) is 0 Å². The largest absolute Gasteiger partial charge is 0.392 e. The second kappa shape index (κ2) is 11.0. The minimum absolute atomic E-state index is 0.00902. The van der Waals surface area contributed by atoms with E-state index < -0.39 is 0 Å². The van der Waals surface area contributed by atoms with Gasteiger partial charge in [-0.25, -0.2) is 5.01 Å². The highest BCUT2D eigenvalue weighted by atomic mass is 16.3. The molecule has 0 saturated carbocycles. The number of aliphatic hydroxyl groups excluding tert-OH is 2. The van der Waals surface area contributed by atoms with Gasteiger partial charge in [0.05, 0.1) is 24.6 Å². The minimum Gasteiger partial charge on any atom is -0.392 e. The first kappa shape index (κ1) is 22.2. The Kier molecular flexibility index (Phi) is 7.44. The van der Waals surface area contributed by atoms with Crippen molar-refractivity contribution in [1.82, 2.24) is 0 Å². The van der Waals surface area contributed by atoms with E-state index in [9.17, 15) is 10.2 Å². The van der Waals surface area contributed by atoms with Gasteiger partial charge in [-0.2, -0.15) is 5.10 Å². The Balaban J connectivity index is 1.73. The Hall–Kier alpha value is -3.99. The normalized spacial score (nSPS) is 10.8. The van der Waals surface area contributed by atoms with Gasteiger partial charge in [0.15, 0.2) is 0 Å². The van der Waals surface area contributed by atoms with Crippen molar-refractivity contribution < 1.29 is 10.2 Å². The van der Waals surface area contributed by atoms with E-state index in [-0.39, 0.29) is 13.2 Å². The highest BCUT2D eigenvalue weighted by Crippen LogP contribution is 2.26. The summed E-state index contributed by atoms with van der Waals surface area (Å²) in [5.41, 5.74) is 6.68. The van der Waals surface area contributed by atoms with Crippen molar-refractivity contribution in [2.24, 2.45) is 5.10 Å². The standard InChI is InChI=1S/C29H26N2O2/c32-21-23-11-15-25(16-12-23)29(26-17-13-24(22-33)14-18-26)19-20-30-31(27-7-3-1-4-8-27)28-9-5-2-6-10-28/h1-20,32-33H,21-22H2. The van der Waals surface area contributed by atoms with Gasteiger partial charge in [-0.3, -0.25) is 0 Å². The molecule has 4 heteroatoms. The fraction of sp³-hybridized carbons (Fsp3) is 0.0690. The Morgan fingerprint density at radius 2 is 1.03 bits per heavy atom. The van der Waals surface area contributed by atoms with Gasteiger partial charge < -0.3 is 10.2 Å². The summed E-state index contributed by atoms with van der Waals surface area (Å²) in [4.78, 5) is 0. The van der Waals surface area contributed by atoms with Crippen LogP contribution in [0.5, 0.6) is 0 Å². The van der Waals surface area contributed by atoms with Crippen LogP contribution in [-0.4, -0.2) is 16.4 Å². The van der Waals surface area contributed by atoms with E-state index in [4.69, 9.17) is 5.10 Å². The third-order valence-corrected chi connectivity index (χ3v) is 5.32. The lowest BCUT2D eigenvalue weighted by Crippen LogP contribution is -2.08. The second-order valence-corrected chi connectivity index (χ2v) is 7.54. The van der Waals surface area contributed by atoms with Crippen molar-refractivity contribution in [3.05, 3.63) is 138 Å². The summed E-state index contributed by atoms with van der Waals surface area (Å²) in [5.74, 6) is 0. The number of hydrazone groups is 1. The molecule has 0 heterocycles. The van der Waals surface area contributed by atoms with E-state index in [0.717, 1.165) is 39.2 Å². The van der Waals surface area contributed by atoms with Gasteiger partial charge in [0, 0.05) is 6.21 Å². The molecular formula is C29H26N2O2. The Labute approximate surface area is 194 Å². The molecule has 4 aromatic rings. The van der Waals surface area contributed by atoms with Crippen LogP contribution in [0.15, 0.2) is 120 Å². The molecule has 33 heavy (non-hydrogen) atoms. The molecule has 0 spiro atoms. The molecular weight excluding hydrogens is 408 g/mol. The zero-order valence-electron chi connectivity index (χ0n) is 18.3. The van der Waals surface area contributed by atoms with Crippen LogP contribution in [0, 0.1) is 0 Å². The number of anilines is 2. The van der Waals surface area contributed by atoms with Crippen molar-refractivity contribution in [3.63, 3.8) is 0 Å². The van der Waals surface area contributed by atoms with Gasteiger partial charge in [0.25, 0.3) is 0 Å². The van der Waals surface area contributed by atoms with Crippen molar-refractivity contribution in [2.45, 2.75) is 13.2 Å². The fourth-order valence-corrected chi connectivity index (χ4v) is 3.53. The van der Waals surface area contributed by atoms with Crippen LogP contribution in [0.2, 0.25) is 0 Å². The molecule has 0 unspecified atom stereocenters. The number of para-hydroxylation sites is 2. The summed E-state index contributed by atoms with van der Waals surface area (Å²) >= 11 is 0. The monoisotopic (exact) mass is 434 g/mol. The first-order valence-corrected chi connectivity index (χ1v) is 10.8. The minimum atomic E-state index is 0.00902. The molecule has 4 rings (SSSR count). The zero-order chi connectivity index (χ0) is 22.9. The number of hydrogen-bond donors (Lipinski definition) is 2. The number of benzene rings is 4. The average Bonchev–Trinajstić information content (AvgIpc) is 2.90. The number of allylic oxidation sites excluding steroid dienone is 1. The lowest BCUT2D eigenvalue weighted by molar-refractivity contribution is 0.281. The number of aliphatic hydroxyl groups is 2. The van der Waals surface area contributed by atoms with Gasteiger partial charge >= 0.3 is 0 Å². The number of rotatable bonds is 8. The maximum absolute atomic E-state index is 9.40.